The molecule has 1 aromatic heterocycles. The third-order valence-electron chi connectivity index (χ3n) is 2.46. The van der Waals surface area contributed by atoms with Gasteiger partial charge in [-0.3, -0.25) is 0 Å². The van der Waals surface area contributed by atoms with Crippen molar-refractivity contribution >= 4 is 17.3 Å². The Morgan fingerprint density at radius 2 is 2.22 bits per heavy atom. The summed E-state index contributed by atoms with van der Waals surface area (Å²) in [7, 11) is 0. The molecule has 0 radical (unpaired) electrons. The average Bonchev–Trinajstić information content (AvgIpc) is 2.79. The molecule has 1 N–H and O–H groups in total. The van der Waals surface area contributed by atoms with Gasteiger partial charge in [-0.15, -0.1) is 11.3 Å². The molecule has 0 unspecified atom stereocenters. The number of benzene rings is 1. The maximum absolute atomic E-state index is 10.7. The van der Waals surface area contributed by atoms with Crippen molar-refractivity contribution in [2.75, 3.05) is 0 Å². The van der Waals surface area contributed by atoms with E-state index in [1.54, 1.807) is 0 Å². The molecule has 1 aromatic carbocycles. The summed E-state index contributed by atoms with van der Waals surface area (Å²) in [5.74, 6) is -0.146. The minimum absolute atomic E-state index is 0.231. The molecule has 0 bridgehead atoms. The first-order chi connectivity index (χ1) is 8.56. The molecule has 94 valence electrons. The van der Waals surface area contributed by atoms with E-state index in [1.807, 2.05) is 32.0 Å². The highest BCUT2D eigenvalue weighted by Crippen LogP contribution is 2.21. The second kappa shape index (κ2) is 5.18. The van der Waals surface area contributed by atoms with E-state index in [0.29, 0.717) is 11.6 Å². The predicted molar refractivity (Wildman–Crippen MR) is 69.3 cm³/mol. The summed E-state index contributed by atoms with van der Waals surface area (Å²) in [5.41, 5.74) is 2.18. The molecule has 0 aliphatic rings. The van der Waals surface area contributed by atoms with Crippen LogP contribution in [0.3, 0.4) is 0 Å². The van der Waals surface area contributed by atoms with Crippen LogP contribution in [0.1, 0.15) is 25.8 Å². The van der Waals surface area contributed by atoms with Crippen molar-refractivity contribution in [2.45, 2.75) is 20.5 Å². The van der Waals surface area contributed by atoms with E-state index in [1.165, 1.54) is 6.20 Å². The first-order valence-corrected chi connectivity index (χ1v) is 6.26. The smallest absolute Gasteiger partial charge is 0.347 e. The van der Waals surface area contributed by atoms with Crippen molar-refractivity contribution in [1.29, 1.82) is 0 Å². The van der Waals surface area contributed by atoms with E-state index in [0.717, 1.165) is 28.2 Å². The molecule has 0 aliphatic carbocycles. The number of carboxylic acid groups (broad SMARTS) is 1. The molecule has 0 fully saturated rings. The van der Waals surface area contributed by atoms with Crippen LogP contribution in [0.25, 0.3) is 0 Å². The fourth-order valence-electron chi connectivity index (χ4n) is 1.48. The molecule has 0 amide bonds. The zero-order chi connectivity index (χ0) is 13.1. The summed E-state index contributed by atoms with van der Waals surface area (Å²) in [4.78, 5) is 15.0. The van der Waals surface area contributed by atoms with Crippen molar-refractivity contribution in [2.24, 2.45) is 0 Å². The lowest BCUT2D eigenvalue weighted by Crippen LogP contribution is -1.96. The number of nitrogens with zero attached hydrogens (tertiary/aromatic N) is 1. The highest BCUT2D eigenvalue weighted by atomic mass is 32.1. The van der Waals surface area contributed by atoms with Gasteiger partial charge in [0, 0.05) is 0 Å². The Hall–Kier alpha value is -1.88. The van der Waals surface area contributed by atoms with Gasteiger partial charge in [-0.25, -0.2) is 9.78 Å². The summed E-state index contributed by atoms with van der Waals surface area (Å²) < 4.78 is 5.65. The van der Waals surface area contributed by atoms with Crippen LogP contribution in [0.4, 0.5) is 0 Å². The zero-order valence-corrected chi connectivity index (χ0v) is 11.0. The monoisotopic (exact) mass is 263 g/mol. The number of ether oxygens (including phenoxy) is 1. The standard InChI is InChI=1S/C13H13NO3S/c1-8-3-4-9(2)10(5-8)17-7-12-14-6-11(18-12)13(15)16/h3-6H,7H2,1-2H3,(H,15,16). The molecule has 2 rings (SSSR count). The number of rotatable bonds is 4. The summed E-state index contributed by atoms with van der Waals surface area (Å²) in [6, 6.07) is 5.98. The maximum atomic E-state index is 10.7. The van der Waals surface area contributed by atoms with Gasteiger partial charge < -0.3 is 9.84 Å². The molecule has 0 saturated carbocycles. The largest absolute Gasteiger partial charge is 0.486 e. The first kappa shape index (κ1) is 12.6. The Morgan fingerprint density at radius 3 is 2.89 bits per heavy atom. The van der Waals surface area contributed by atoms with E-state index in [9.17, 15) is 4.79 Å². The quantitative estimate of drug-likeness (QED) is 0.921. The van der Waals surface area contributed by atoms with Gasteiger partial charge in [0.15, 0.2) is 0 Å². The van der Waals surface area contributed by atoms with Crippen LogP contribution in [0, 0.1) is 13.8 Å². The van der Waals surface area contributed by atoms with E-state index >= 15 is 0 Å². The van der Waals surface area contributed by atoms with Crippen LogP contribution in [-0.4, -0.2) is 16.1 Å². The van der Waals surface area contributed by atoms with E-state index in [2.05, 4.69) is 4.98 Å². The fraction of sp³-hybridized carbons (Fsp3) is 0.231. The summed E-state index contributed by atoms with van der Waals surface area (Å²) >= 11 is 1.13. The normalized spacial score (nSPS) is 10.3. The molecule has 0 spiro atoms. The lowest BCUT2D eigenvalue weighted by atomic mass is 10.1. The van der Waals surface area contributed by atoms with Gasteiger partial charge in [-0.05, 0) is 31.0 Å². The van der Waals surface area contributed by atoms with Gasteiger partial charge in [0.05, 0.1) is 6.20 Å². The summed E-state index contributed by atoms with van der Waals surface area (Å²) in [6.45, 7) is 4.26. The Bertz CT molecular complexity index is 577. The second-order valence-electron chi connectivity index (χ2n) is 3.98. The topological polar surface area (TPSA) is 59.4 Å². The molecule has 0 aliphatic heterocycles. The number of thiazole rings is 1. The molecule has 0 atom stereocenters. The van der Waals surface area contributed by atoms with Crippen LogP contribution < -0.4 is 4.74 Å². The lowest BCUT2D eigenvalue weighted by molar-refractivity contribution is 0.0702. The van der Waals surface area contributed by atoms with E-state index in [-0.39, 0.29) is 4.88 Å². The van der Waals surface area contributed by atoms with Gasteiger partial charge in [-0.1, -0.05) is 12.1 Å². The third kappa shape index (κ3) is 2.87. The Morgan fingerprint density at radius 1 is 1.44 bits per heavy atom. The molecule has 4 nitrogen and oxygen atoms in total. The number of hydrogen-bond donors (Lipinski definition) is 1. The SMILES string of the molecule is Cc1ccc(C)c(OCc2ncc(C(=O)O)s2)c1. The minimum atomic E-state index is -0.953. The third-order valence-corrected chi connectivity index (χ3v) is 3.42. The van der Waals surface area contributed by atoms with E-state index in [4.69, 9.17) is 9.84 Å². The van der Waals surface area contributed by atoms with Crippen molar-refractivity contribution < 1.29 is 14.6 Å². The number of carboxylic acids is 1. The molecular formula is C13H13NO3S. The Kier molecular flexibility index (Phi) is 3.62. The van der Waals surface area contributed by atoms with Crippen LogP contribution in [0.5, 0.6) is 5.75 Å². The Balaban J connectivity index is 2.06. The van der Waals surface area contributed by atoms with Gasteiger partial charge in [-0.2, -0.15) is 0 Å². The zero-order valence-electron chi connectivity index (χ0n) is 10.1. The Labute approximate surface area is 109 Å². The van der Waals surface area contributed by atoms with Gasteiger partial charge in [0.2, 0.25) is 0 Å². The van der Waals surface area contributed by atoms with Gasteiger partial charge in [0.1, 0.15) is 22.2 Å². The van der Waals surface area contributed by atoms with Crippen LogP contribution in [-0.2, 0) is 6.61 Å². The van der Waals surface area contributed by atoms with Crippen molar-refractivity contribution in [3.05, 3.63) is 45.4 Å². The van der Waals surface area contributed by atoms with Crippen LogP contribution in [0.15, 0.2) is 24.4 Å². The molecular weight excluding hydrogens is 250 g/mol. The van der Waals surface area contributed by atoms with Crippen molar-refractivity contribution in [3.63, 3.8) is 0 Å². The predicted octanol–water partition coefficient (Wildman–Crippen LogP) is 3.04. The maximum Gasteiger partial charge on any atom is 0.347 e. The molecule has 1 heterocycles. The number of aromatic nitrogens is 1. The minimum Gasteiger partial charge on any atom is -0.486 e. The first-order valence-electron chi connectivity index (χ1n) is 5.44. The van der Waals surface area contributed by atoms with Crippen LogP contribution in [0.2, 0.25) is 0 Å². The van der Waals surface area contributed by atoms with Gasteiger partial charge in [0.25, 0.3) is 0 Å². The number of aromatic carboxylic acids is 1. The van der Waals surface area contributed by atoms with Crippen molar-refractivity contribution in [1.82, 2.24) is 4.98 Å². The molecule has 2 aromatic rings. The molecule has 0 saturated heterocycles. The van der Waals surface area contributed by atoms with Crippen molar-refractivity contribution in [3.8, 4) is 5.75 Å². The fourth-order valence-corrected chi connectivity index (χ4v) is 2.15. The number of hydrogen-bond acceptors (Lipinski definition) is 4. The van der Waals surface area contributed by atoms with Gasteiger partial charge >= 0.3 is 5.97 Å². The summed E-state index contributed by atoms with van der Waals surface area (Å²) in [5, 5.41) is 9.45. The second-order valence-corrected chi connectivity index (χ2v) is 5.10. The molecule has 5 heteroatoms. The highest BCUT2D eigenvalue weighted by Gasteiger charge is 2.09. The summed E-state index contributed by atoms with van der Waals surface area (Å²) in [6.07, 6.45) is 1.36. The van der Waals surface area contributed by atoms with Crippen LogP contribution >= 0.6 is 11.3 Å². The highest BCUT2D eigenvalue weighted by molar-refractivity contribution is 7.13. The number of carbonyl (C=O) groups is 1. The molecule has 18 heavy (non-hydrogen) atoms. The van der Waals surface area contributed by atoms with E-state index < -0.39 is 5.97 Å². The number of aryl methyl sites for hydroxylation is 2. The lowest BCUT2D eigenvalue weighted by Gasteiger charge is -2.08. The average molecular weight is 263 g/mol.